The fraction of sp³-hybridized carbons (Fsp3) is 0. The number of nitro groups is 1. The summed E-state index contributed by atoms with van der Waals surface area (Å²) in [6.07, 6.45) is 4.31. The number of aromatic nitrogens is 3. The van der Waals surface area contributed by atoms with E-state index in [9.17, 15) is 10.1 Å². The lowest BCUT2D eigenvalue weighted by Gasteiger charge is -2.11. The minimum atomic E-state index is -0.584. The highest BCUT2D eigenvalue weighted by molar-refractivity contribution is 6.43. The van der Waals surface area contributed by atoms with Gasteiger partial charge in [-0.05, 0) is 24.3 Å². The molecule has 25 heavy (non-hydrogen) atoms. The van der Waals surface area contributed by atoms with Gasteiger partial charge < -0.3 is 10.6 Å². The number of hydrogen-bond acceptors (Lipinski definition) is 7. The van der Waals surface area contributed by atoms with Crippen LogP contribution in [0.4, 0.5) is 28.7 Å². The summed E-state index contributed by atoms with van der Waals surface area (Å²) in [5.41, 5.74) is 0.613. The van der Waals surface area contributed by atoms with Gasteiger partial charge in [0.2, 0.25) is 11.6 Å². The maximum Gasteiger partial charge on any atom is 0.353 e. The first-order valence-corrected chi connectivity index (χ1v) is 7.69. The molecule has 0 aliphatic heterocycles. The van der Waals surface area contributed by atoms with Crippen LogP contribution in [0.2, 0.25) is 10.0 Å². The average Bonchev–Trinajstić information content (AvgIpc) is 2.60. The fourth-order valence-electron chi connectivity index (χ4n) is 2.04. The van der Waals surface area contributed by atoms with Crippen molar-refractivity contribution in [2.75, 3.05) is 10.6 Å². The van der Waals surface area contributed by atoms with Gasteiger partial charge >= 0.3 is 5.69 Å². The van der Waals surface area contributed by atoms with Crippen molar-refractivity contribution in [3.8, 4) is 0 Å². The Labute approximate surface area is 152 Å². The van der Waals surface area contributed by atoms with Crippen LogP contribution in [0, 0.1) is 10.1 Å². The van der Waals surface area contributed by atoms with Crippen LogP contribution in [0.25, 0.3) is 0 Å². The second-order valence-electron chi connectivity index (χ2n) is 4.77. The molecule has 0 radical (unpaired) electrons. The zero-order chi connectivity index (χ0) is 17.8. The molecule has 126 valence electrons. The maximum absolute atomic E-state index is 11.5. The molecule has 0 amide bonds. The number of nitrogens with zero attached hydrogens (tertiary/aromatic N) is 4. The smallest absolute Gasteiger partial charge is 0.333 e. The lowest BCUT2D eigenvalue weighted by atomic mass is 10.3. The van der Waals surface area contributed by atoms with E-state index in [-0.39, 0.29) is 22.3 Å². The molecule has 1 aromatic carbocycles. The molecule has 8 nitrogen and oxygen atoms in total. The van der Waals surface area contributed by atoms with Crippen molar-refractivity contribution in [2.24, 2.45) is 0 Å². The van der Waals surface area contributed by atoms with Crippen molar-refractivity contribution in [1.82, 2.24) is 15.0 Å². The molecule has 0 saturated heterocycles. The average molecular weight is 377 g/mol. The lowest BCUT2D eigenvalue weighted by Crippen LogP contribution is -2.05. The van der Waals surface area contributed by atoms with Crippen molar-refractivity contribution in [3.63, 3.8) is 0 Å². The van der Waals surface area contributed by atoms with Gasteiger partial charge in [-0.25, -0.2) is 9.97 Å². The Balaban J connectivity index is 2.01. The van der Waals surface area contributed by atoms with E-state index in [0.717, 1.165) is 0 Å². The third kappa shape index (κ3) is 3.76. The molecule has 2 aromatic heterocycles. The standard InChI is InChI=1S/C15H10Cl2N6O2/c16-10-4-1-5-11(12(10)17)22-15-13(23(24)25)14(19-8-20-15)21-9-3-2-6-18-7-9/h1-8H,(H2,19,20,21,22). The van der Waals surface area contributed by atoms with E-state index in [4.69, 9.17) is 23.2 Å². The monoisotopic (exact) mass is 376 g/mol. The van der Waals surface area contributed by atoms with E-state index >= 15 is 0 Å². The normalized spacial score (nSPS) is 10.3. The molecule has 0 fully saturated rings. The molecule has 0 spiro atoms. The van der Waals surface area contributed by atoms with E-state index in [1.165, 1.54) is 12.5 Å². The Bertz CT molecular complexity index is 923. The number of anilines is 4. The van der Waals surface area contributed by atoms with Crippen LogP contribution in [-0.4, -0.2) is 19.9 Å². The van der Waals surface area contributed by atoms with Crippen molar-refractivity contribution in [1.29, 1.82) is 0 Å². The van der Waals surface area contributed by atoms with Crippen LogP contribution < -0.4 is 10.6 Å². The first-order chi connectivity index (χ1) is 12.1. The van der Waals surface area contributed by atoms with Crippen molar-refractivity contribution in [2.45, 2.75) is 0 Å². The van der Waals surface area contributed by atoms with Crippen molar-refractivity contribution in [3.05, 3.63) is 69.2 Å². The van der Waals surface area contributed by atoms with E-state index in [2.05, 4.69) is 25.6 Å². The number of pyridine rings is 1. The molecule has 2 heterocycles. The summed E-state index contributed by atoms with van der Waals surface area (Å²) in [5.74, 6) is 0.00390. The van der Waals surface area contributed by atoms with Gasteiger partial charge in [-0.3, -0.25) is 15.1 Å². The van der Waals surface area contributed by atoms with Gasteiger partial charge in [0, 0.05) is 6.20 Å². The highest BCUT2D eigenvalue weighted by Gasteiger charge is 2.24. The zero-order valence-electron chi connectivity index (χ0n) is 12.5. The van der Waals surface area contributed by atoms with E-state index < -0.39 is 4.92 Å². The summed E-state index contributed by atoms with van der Waals surface area (Å²) in [6.45, 7) is 0. The van der Waals surface area contributed by atoms with Gasteiger partial charge in [0.25, 0.3) is 0 Å². The minimum absolute atomic E-state index is 0.0180. The topological polar surface area (TPSA) is 106 Å². The first kappa shape index (κ1) is 16.9. The van der Waals surface area contributed by atoms with Gasteiger partial charge in [-0.1, -0.05) is 29.3 Å². The largest absolute Gasteiger partial charge is 0.353 e. The summed E-state index contributed by atoms with van der Waals surface area (Å²) in [6, 6.07) is 8.31. The fourth-order valence-corrected chi connectivity index (χ4v) is 2.38. The van der Waals surface area contributed by atoms with Crippen LogP contribution in [-0.2, 0) is 0 Å². The summed E-state index contributed by atoms with van der Waals surface area (Å²) < 4.78 is 0. The molecule has 3 rings (SSSR count). The Morgan fingerprint density at radius 1 is 1.04 bits per heavy atom. The number of hydrogen-bond donors (Lipinski definition) is 2. The van der Waals surface area contributed by atoms with Crippen LogP contribution in [0.1, 0.15) is 0 Å². The zero-order valence-corrected chi connectivity index (χ0v) is 14.0. The highest BCUT2D eigenvalue weighted by Crippen LogP contribution is 2.36. The van der Waals surface area contributed by atoms with Gasteiger partial charge in [0.15, 0.2) is 0 Å². The summed E-state index contributed by atoms with van der Waals surface area (Å²) in [5, 5.41) is 17.8. The number of nitrogens with one attached hydrogen (secondary N) is 2. The predicted octanol–water partition coefficient (Wildman–Crippen LogP) is 4.57. The number of benzene rings is 1. The molecule has 0 aliphatic carbocycles. The van der Waals surface area contributed by atoms with Crippen molar-refractivity contribution < 1.29 is 4.92 Å². The summed E-state index contributed by atoms with van der Waals surface area (Å²) in [7, 11) is 0. The number of halogens is 2. The van der Waals surface area contributed by atoms with E-state index in [1.807, 2.05) is 0 Å². The van der Waals surface area contributed by atoms with Gasteiger partial charge in [-0.15, -0.1) is 0 Å². The lowest BCUT2D eigenvalue weighted by molar-refractivity contribution is -0.383. The molecule has 3 aromatic rings. The third-order valence-corrected chi connectivity index (χ3v) is 3.95. The molecule has 0 bridgehead atoms. The van der Waals surface area contributed by atoms with Gasteiger partial charge in [-0.2, -0.15) is 0 Å². The second-order valence-corrected chi connectivity index (χ2v) is 5.55. The Morgan fingerprint density at radius 2 is 1.80 bits per heavy atom. The maximum atomic E-state index is 11.5. The molecule has 0 atom stereocenters. The van der Waals surface area contributed by atoms with Crippen LogP contribution >= 0.6 is 23.2 Å². The molecular formula is C15H10Cl2N6O2. The molecule has 0 unspecified atom stereocenters. The molecule has 0 saturated carbocycles. The van der Waals surface area contributed by atoms with E-state index in [0.29, 0.717) is 16.4 Å². The van der Waals surface area contributed by atoms with Gasteiger partial charge in [0.05, 0.1) is 32.5 Å². The van der Waals surface area contributed by atoms with Crippen LogP contribution in [0.15, 0.2) is 49.1 Å². The number of rotatable bonds is 5. The SMILES string of the molecule is O=[N+]([O-])c1c(Nc2cccnc2)ncnc1Nc1cccc(Cl)c1Cl. The summed E-state index contributed by atoms with van der Waals surface area (Å²) in [4.78, 5) is 22.8. The quantitative estimate of drug-likeness (QED) is 0.495. The van der Waals surface area contributed by atoms with E-state index in [1.54, 1.807) is 36.5 Å². The van der Waals surface area contributed by atoms with Crippen LogP contribution in [0.5, 0.6) is 0 Å². The Morgan fingerprint density at radius 3 is 2.48 bits per heavy atom. The Hall–Kier alpha value is -2.97. The molecule has 10 heteroatoms. The third-order valence-electron chi connectivity index (χ3n) is 3.13. The van der Waals surface area contributed by atoms with Crippen LogP contribution in [0.3, 0.4) is 0 Å². The molecule has 2 N–H and O–H groups in total. The minimum Gasteiger partial charge on any atom is -0.333 e. The highest BCUT2D eigenvalue weighted by atomic mass is 35.5. The Kier molecular flexibility index (Phi) is 4.92. The van der Waals surface area contributed by atoms with Crippen molar-refractivity contribution >= 4 is 51.9 Å². The predicted molar refractivity (Wildman–Crippen MR) is 96.0 cm³/mol. The first-order valence-electron chi connectivity index (χ1n) is 6.93. The summed E-state index contributed by atoms with van der Waals surface area (Å²) >= 11 is 12.1. The molecular weight excluding hydrogens is 367 g/mol. The second kappa shape index (κ2) is 7.29. The molecule has 0 aliphatic rings. The van der Waals surface area contributed by atoms with Gasteiger partial charge in [0.1, 0.15) is 6.33 Å².